The molecule has 0 fully saturated rings. The lowest BCUT2D eigenvalue weighted by Crippen LogP contribution is -2.45. The minimum absolute atomic E-state index is 0.0943. The van der Waals surface area contributed by atoms with Crippen molar-refractivity contribution in [2.75, 3.05) is 20.3 Å². The van der Waals surface area contributed by atoms with Gasteiger partial charge in [0, 0.05) is 38.4 Å². The van der Waals surface area contributed by atoms with E-state index in [0.717, 1.165) is 6.20 Å². The fourth-order valence-electron chi connectivity index (χ4n) is 2.73. The number of halogens is 4. The number of nitrogens with one attached hydrogen (secondary N) is 2. The molecule has 1 heterocycles. The van der Waals surface area contributed by atoms with Gasteiger partial charge in [0.05, 0.1) is 22.9 Å². The summed E-state index contributed by atoms with van der Waals surface area (Å²) in [6.07, 6.45) is -1.25. The molecule has 3 N–H and O–H groups in total. The zero-order chi connectivity index (χ0) is 24.1. The van der Waals surface area contributed by atoms with Crippen molar-refractivity contribution < 1.29 is 32.5 Å². The van der Waals surface area contributed by atoms with Crippen molar-refractivity contribution >= 4 is 17.6 Å². The van der Waals surface area contributed by atoms with Gasteiger partial charge in [-0.05, 0) is 31.5 Å². The number of aromatic amines is 1. The van der Waals surface area contributed by atoms with Crippen molar-refractivity contribution in [1.29, 1.82) is 0 Å². The van der Waals surface area contributed by atoms with Gasteiger partial charge in [0.2, 0.25) is 5.43 Å². The van der Waals surface area contributed by atoms with Crippen molar-refractivity contribution in [2.24, 2.45) is 0 Å². The quantitative estimate of drug-likeness (QED) is 0.422. The van der Waals surface area contributed by atoms with E-state index >= 15 is 0 Å². The number of methoxy groups -OCH3 is 1. The van der Waals surface area contributed by atoms with Crippen molar-refractivity contribution in [1.82, 2.24) is 10.3 Å². The molecule has 0 aliphatic rings. The van der Waals surface area contributed by atoms with Crippen LogP contribution in [0.15, 0.2) is 23.1 Å². The highest BCUT2D eigenvalue weighted by molar-refractivity contribution is 6.32. The predicted octanol–water partition coefficient (Wildman–Crippen LogP) is 4.08. The van der Waals surface area contributed by atoms with E-state index in [0.29, 0.717) is 18.6 Å². The third kappa shape index (κ3) is 6.02. The number of aromatic carboxylic acids is 1. The average molecular weight is 477 g/mol. The molecule has 2 rings (SSSR count). The number of pyridine rings is 1. The molecular formula is C21H24ClF3N2O5. The largest absolute Gasteiger partial charge is 0.492 e. The Labute approximate surface area is 187 Å². The second-order valence-corrected chi connectivity index (χ2v) is 7.94. The van der Waals surface area contributed by atoms with Crippen LogP contribution in [0, 0.1) is 5.82 Å². The Hall–Kier alpha value is -2.56. The van der Waals surface area contributed by atoms with Gasteiger partial charge in [-0.1, -0.05) is 11.6 Å². The zero-order valence-corrected chi connectivity index (χ0v) is 18.5. The van der Waals surface area contributed by atoms with E-state index in [2.05, 4.69) is 10.3 Å². The summed E-state index contributed by atoms with van der Waals surface area (Å²) in [6, 6.07) is 2.79. The molecule has 7 nitrogen and oxygen atoms in total. The monoisotopic (exact) mass is 476 g/mol. The summed E-state index contributed by atoms with van der Waals surface area (Å²) in [4.78, 5) is 25.7. The number of alkyl halides is 2. The van der Waals surface area contributed by atoms with E-state index in [4.69, 9.17) is 26.2 Å². The second kappa shape index (κ2) is 10.8. The fourth-order valence-corrected chi connectivity index (χ4v) is 2.95. The first-order valence-electron chi connectivity index (χ1n) is 9.61. The van der Waals surface area contributed by atoms with Crippen LogP contribution < -0.4 is 15.5 Å². The van der Waals surface area contributed by atoms with Gasteiger partial charge >= 0.3 is 5.97 Å². The van der Waals surface area contributed by atoms with Gasteiger partial charge in [0.15, 0.2) is 5.82 Å². The van der Waals surface area contributed by atoms with Crippen molar-refractivity contribution in [3.63, 3.8) is 0 Å². The number of ether oxygens (including phenoxy) is 2. The topological polar surface area (TPSA) is 101 Å². The van der Waals surface area contributed by atoms with E-state index in [1.165, 1.54) is 26.0 Å². The first-order valence-corrected chi connectivity index (χ1v) is 9.99. The molecule has 0 amide bonds. The number of carboxylic acids is 1. The summed E-state index contributed by atoms with van der Waals surface area (Å²) in [5.41, 5.74) is -3.55. The highest BCUT2D eigenvalue weighted by atomic mass is 35.5. The number of carboxylic acid groups (broad SMARTS) is 1. The molecule has 32 heavy (non-hydrogen) atoms. The van der Waals surface area contributed by atoms with Crippen LogP contribution in [0.3, 0.4) is 0 Å². The SMILES string of the molecule is COCCCOc1cc(CNC(C)(C)C(F)F)c(-c2[nH]cc(C(=O)O)c(=O)c2F)cc1Cl. The van der Waals surface area contributed by atoms with Crippen LogP contribution in [-0.4, -0.2) is 48.3 Å². The molecule has 0 saturated carbocycles. The van der Waals surface area contributed by atoms with Crippen LogP contribution in [0.4, 0.5) is 13.2 Å². The minimum Gasteiger partial charge on any atom is -0.492 e. The van der Waals surface area contributed by atoms with Gasteiger partial charge in [-0.3, -0.25) is 4.79 Å². The third-order valence-corrected chi connectivity index (χ3v) is 5.01. The third-order valence-electron chi connectivity index (χ3n) is 4.71. The van der Waals surface area contributed by atoms with Gasteiger partial charge in [-0.15, -0.1) is 0 Å². The van der Waals surface area contributed by atoms with Gasteiger partial charge in [0.25, 0.3) is 6.43 Å². The lowest BCUT2D eigenvalue weighted by atomic mass is 10.00. The normalized spacial score (nSPS) is 11.8. The lowest BCUT2D eigenvalue weighted by molar-refractivity contribution is 0.0501. The number of aromatic nitrogens is 1. The predicted molar refractivity (Wildman–Crippen MR) is 113 cm³/mol. The van der Waals surface area contributed by atoms with Crippen LogP contribution >= 0.6 is 11.6 Å². The number of hydrogen-bond acceptors (Lipinski definition) is 5. The Kier molecular flexibility index (Phi) is 8.71. The fraction of sp³-hybridized carbons (Fsp3) is 0.429. The highest BCUT2D eigenvalue weighted by Crippen LogP contribution is 2.34. The Balaban J connectivity index is 2.53. The van der Waals surface area contributed by atoms with Gasteiger partial charge in [-0.25, -0.2) is 18.0 Å². The molecular weight excluding hydrogens is 453 g/mol. The van der Waals surface area contributed by atoms with Gasteiger partial charge in [-0.2, -0.15) is 0 Å². The summed E-state index contributed by atoms with van der Waals surface area (Å²) >= 11 is 6.27. The molecule has 0 saturated heterocycles. The van der Waals surface area contributed by atoms with Gasteiger partial charge < -0.3 is 24.9 Å². The molecule has 0 bridgehead atoms. The smallest absolute Gasteiger partial charge is 0.341 e. The molecule has 11 heteroatoms. The number of hydrogen-bond donors (Lipinski definition) is 3. The van der Waals surface area contributed by atoms with Crippen LogP contribution in [0.1, 0.15) is 36.2 Å². The molecule has 1 aromatic heterocycles. The van der Waals surface area contributed by atoms with Crippen LogP contribution in [0.5, 0.6) is 5.75 Å². The van der Waals surface area contributed by atoms with E-state index in [1.54, 1.807) is 7.11 Å². The first-order chi connectivity index (χ1) is 15.0. The molecule has 0 unspecified atom stereocenters. The summed E-state index contributed by atoms with van der Waals surface area (Å²) < 4.78 is 51.9. The number of rotatable bonds is 11. The van der Waals surface area contributed by atoms with Crippen molar-refractivity contribution in [3.05, 3.63) is 50.5 Å². The Morgan fingerprint density at radius 2 is 2.00 bits per heavy atom. The second-order valence-electron chi connectivity index (χ2n) is 7.54. The van der Waals surface area contributed by atoms with Crippen LogP contribution in [0.25, 0.3) is 11.3 Å². The number of carbonyl (C=O) groups is 1. The Bertz CT molecular complexity index is 1030. The van der Waals surface area contributed by atoms with Gasteiger partial charge in [0.1, 0.15) is 11.3 Å². The molecule has 0 aliphatic heterocycles. The molecule has 0 spiro atoms. The maximum Gasteiger partial charge on any atom is 0.341 e. The molecule has 2 aromatic rings. The molecule has 176 valence electrons. The highest BCUT2D eigenvalue weighted by Gasteiger charge is 2.29. The molecule has 0 atom stereocenters. The number of H-pyrrole nitrogens is 1. The standard InChI is InChI=1S/C21H24ClF3N2O5/c1-21(2,20(24)25)27-9-11-7-15(32-6-4-5-31-3)14(22)8-12(11)17-16(23)18(28)13(10-26-17)19(29)30/h7-8,10,20,27H,4-6,9H2,1-3H3,(H,26,28)(H,29,30). The molecule has 0 aliphatic carbocycles. The summed E-state index contributed by atoms with van der Waals surface area (Å²) in [6.45, 7) is 3.19. The van der Waals surface area contributed by atoms with Crippen LogP contribution in [0.2, 0.25) is 5.02 Å². The Morgan fingerprint density at radius 3 is 2.59 bits per heavy atom. The maximum absolute atomic E-state index is 14.8. The van der Waals surface area contributed by atoms with E-state index in [9.17, 15) is 22.8 Å². The number of benzene rings is 1. The maximum atomic E-state index is 14.8. The van der Waals surface area contributed by atoms with E-state index in [1.807, 2.05) is 0 Å². The summed E-state index contributed by atoms with van der Waals surface area (Å²) in [5.74, 6) is -2.68. The van der Waals surface area contributed by atoms with E-state index < -0.39 is 34.7 Å². The average Bonchev–Trinajstić information content (AvgIpc) is 2.72. The van der Waals surface area contributed by atoms with Crippen LogP contribution in [-0.2, 0) is 11.3 Å². The molecule has 0 radical (unpaired) electrons. The molecule has 1 aromatic carbocycles. The summed E-state index contributed by atoms with van der Waals surface area (Å²) in [5, 5.41) is 11.8. The van der Waals surface area contributed by atoms with Crippen molar-refractivity contribution in [3.8, 4) is 17.0 Å². The summed E-state index contributed by atoms with van der Waals surface area (Å²) in [7, 11) is 1.54. The zero-order valence-electron chi connectivity index (χ0n) is 17.7. The Morgan fingerprint density at radius 1 is 1.31 bits per heavy atom. The first kappa shape index (κ1) is 25.7. The minimum atomic E-state index is -2.69. The van der Waals surface area contributed by atoms with E-state index in [-0.39, 0.29) is 35.2 Å². The van der Waals surface area contributed by atoms with Crippen molar-refractivity contribution in [2.45, 2.75) is 38.8 Å². The lowest BCUT2D eigenvalue weighted by Gasteiger charge is -2.26.